The van der Waals surface area contributed by atoms with E-state index in [1.54, 1.807) is 23.0 Å². The molecule has 0 spiro atoms. The fourth-order valence-electron chi connectivity index (χ4n) is 1.88. The smallest absolute Gasteiger partial charge is 0.151 e. The van der Waals surface area contributed by atoms with E-state index in [-0.39, 0.29) is 0 Å². The van der Waals surface area contributed by atoms with Gasteiger partial charge in [0, 0.05) is 11.8 Å². The quantitative estimate of drug-likeness (QED) is 0.716. The molecule has 5 heteroatoms. The Hall–Kier alpha value is -1.85. The minimum absolute atomic E-state index is 0.626. The van der Waals surface area contributed by atoms with E-state index in [0.29, 0.717) is 4.64 Å². The average Bonchev–Trinajstić information content (AvgIpc) is 2.97. The van der Waals surface area contributed by atoms with Crippen molar-refractivity contribution in [2.24, 2.45) is 0 Å². The predicted octanol–water partition coefficient (Wildman–Crippen LogP) is 4.24. The Labute approximate surface area is 120 Å². The van der Waals surface area contributed by atoms with Crippen molar-refractivity contribution in [1.82, 2.24) is 15.0 Å². The molecular weight excluding hydrogens is 274 g/mol. The molecule has 0 unspecified atom stereocenters. The summed E-state index contributed by atoms with van der Waals surface area (Å²) in [6.07, 6.45) is 1.79. The molecule has 0 aliphatic carbocycles. The lowest BCUT2D eigenvalue weighted by Crippen LogP contribution is -1.96. The molecule has 0 aliphatic rings. The van der Waals surface area contributed by atoms with E-state index in [1.165, 1.54) is 0 Å². The van der Waals surface area contributed by atoms with Crippen molar-refractivity contribution < 1.29 is 0 Å². The van der Waals surface area contributed by atoms with Gasteiger partial charge in [0.2, 0.25) is 0 Å². The van der Waals surface area contributed by atoms with Gasteiger partial charge in [-0.2, -0.15) is 0 Å². The van der Waals surface area contributed by atoms with Crippen LogP contribution in [0.1, 0.15) is 5.56 Å². The minimum Gasteiger partial charge on any atom is -0.338 e. The second-order valence-electron chi connectivity index (χ2n) is 4.12. The van der Waals surface area contributed by atoms with Crippen molar-refractivity contribution in [2.45, 2.75) is 6.92 Å². The highest BCUT2D eigenvalue weighted by Crippen LogP contribution is 2.26. The molecule has 94 valence electrons. The Kier molecular flexibility index (Phi) is 3.23. The minimum atomic E-state index is 0.626. The lowest BCUT2D eigenvalue weighted by atomic mass is 10.1. The van der Waals surface area contributed by atoms with Gasteiger partial charge in [-0.1, -0.05) is 42.5 Å². The zero-order chi connectivity index (χ0) is 13.2. The summed E-state index contributed by atoms with van der Waals surface area (Å²) >= 11 is 6.90. The first kappa shape index (κ1) is 12.2. The van der Waals surface area contributed by atoms with Gasteiger partial charge in [-0.05, 0) is 12.5 Å². The molecule has 0 saturated heterocycles. The average molecular weight is 285 g/mol. The van der Waals surface area contributed by atoms with E-state index in [2.05, 4.69) is 27.1 Å². The van der Waals surface area contributed by atoms with Crippen LogP contribution < -0.4 is 0 Å². The van der Waals surface area contributed by atoms with Crippen molar-refractivity contribution in [3.05, 3.63) is 52.2 Å². The fraction of sp³-hybridized carbons (Fsp3) is 0.0714. The third kappa shape index (κ3) is 2.34. The van der Waals surface area contributed by atoms with Crippen LogP contribution in [0, 0.1) is 11.6 Å². The van der Waals surface area contributed by atoms with Crippen LogP contribution in [0.15, 0.2) is 42.0 Å². The molecule has 19 heavy (non-hydrogen) atoms. The third-order valence-electron chi connectivity index (χ3n) is 2.88. The number of aromatic amines is 1. The van der Waals surface area contributed by atoms with Crippen LogP contribution >= 0.6 is 23.6 Å². The van der Waals surface area contributed by atoms with Crippen LogP contribution in [-0.2, 0) is 0 Å². The Balaban J connectivity index is 2.23. The zero-order valence-electron chi connectivity index (χ0n) is 10.3. The molecule has 1 N–H and O–H groups in total. The Morgan fingerprint density at radius 2 is 2.00 bits per heavy atom. The molecule has 0 radical (unpaired) electrons. The van der Waals surface area contributed by atoms with Gasteiger partial charge in [-0.25, -0.2) is 4.98 Å². The summed E-state index contributed by atoms with van der Waals surface area (Å²) in [5.41, 5.74) is 4.91. The van der Waals surface area contributed by atoms with Gasteiger partial charge in [-0.3, -0.25) is 4.98 Å². The number of aromatic nitrogens is 3. The largest absolute Gasteiger partial charge is 0.338 e. The molecule has 3 aromatic rings. The molecule has 3 nitrogen and oxygen atoms in total. The van der Waals surface area contributed by atoms with E-state index in [4.69, 9.17) is 12.2 Å². The van der Waals surface area contributed by atoms with Gasteiger partial charge in [0.25, 0.3) is 0 Å². The molecule has 0 amide bonds. The lowest BCUT2D eigenvalue weighted by molar-refractivity contribution is 1.13. The molecule has 1 aromatic carbocycles. The summed E-state index contributed by atoms with van der Waals surface area (Å²) in [6.45, 7) is 1.99. The fourth-order valence-corrected chi connectivity index (χ4v) is 2.63. The molecular formula is C14H11N3S2. The normalized spacial score (nSPS) is 10.6. The monoisotopic (exact) mass is 285 g/mol. The highest BCUT2D eigenvalue weighted by Gasteiger charge is 2.09. The van der Waals surface area contributed by atoms with Crippen molar-refractivity contribution >= 4 is 23.6 Å². The van der Waals surface area contributed by atoms with E-state index in [9.17, 15) is 0 Å². The van der Waals surface area contributed by atoms with Crippen LogP contribution in [0.2, 0.25) is 0 Å². The summed E-state index contributed by atoms with van der Waals surface area (Å²) in [5, 5.41) is 0. The first-order valence-electron chi connectivity index (χ1n) is 5.81. The van der Waals surface area contributed by atoms with Crippen molar-refractivity contribution in [1.29, 1.82) is 0 Å². The third-order valence-corrected chi connectivity index (χ3v) is 4.06. The Bertz CT molecular complexity index is 746. The maximum Gasteiger partial charge on any atom is 0.151 e. The maximum atomic E-state index is 5.36. The number of thiazole rings is 1. The van der Waals surface area contributed by atoms with Gasteiger partial charge in [0.15, 0.2) is 5.82 Å². The SMILES string of the molecule is Cc1c(-c2ccccc2)[nH]c(-c2cncs2)nc1=S. The van der Waals surface area contributed by atoms with E-state index < -0.39 is 0 Å². The molecule has 0 saturated carbocycles. The number of nitrogens with zero attached hydrogens (tertiary/aromatic N) is 2. The highest BCUT2D eigenvalue weighted by atomic mass is 32.1. The van der Waals surface area contributed by atoms with Crippen LogP contribution in [0.3, 0.4) is 0 Å². The van der Waals surface area contributed by atoms with Crippen LogP contribution in [-0.4, -0.2) is 15.0 Å². The first-order valence-corrected chi connectivity index (χ1v) is 7.09. The van der Waals surface area contributed by atoms with Crippen molar-refractivity contribution in [3.8, 4) is 22.0 Å². The van der Waals surface area contributed by atoms with Crippen LogP contribution in [0.25, 0.3) is 22.0 Å². The van der Waals surface area contributed by atoms with Gasteiger partial charge in [-0.15, -0.1) is 11.3 Å². The molecule has 2 aromatic heterocycles. The Morgan fingerprint density at radius 3 is 2.68 bits per heavy atom. The number of rotatable bonds is 2. The van der Waals surface area contributed by atoms with Gasteiger partial charge < -0.3 is 4.98 Å². The van der Waals surface area contributed by atoms with Gasteiger partial charge in [0.05, 0.1) is 16.1 Å². The van der Waals surface area contributed by atoms with E-state index in [1.807, 2.05) is 25.1 Å². The number of nitrogens with one attached hydrogen (secondary N) is 1. The summed E-state index contributed by atoms with van der Waals surface area (Å²) in [6, 6.07) is 10.1. The van der Waals surface area contributed by atoms with E-state index in [0.717, 1.165) is 27.5 Å². The predicted molar refractivity (Wildman–Crippen MR) is 80.7 cm³/mol. The number of H-pyrrole nitrogens is 1. The summed E-state index contributed by atoms with van der Waals surface area (Å²) in [5.74, 6) is 0.775. The number of benzene rings is 1. The van der Waals surface area contributed by atoms with Gasteiger partial charge in [0.1, 0.15) is 4.64 Å². The first-order chi connectivity index (χ1) is 9.25. The standard InChI is InChI=1S/C14H11N3S2/c1-9-12(10-5-3-2-4-6-10)16-13(17-14(9)18)11-7-15-8-19-11/h2-8H,1H3,(H,16,17,18). The molecule has 0 fully saturated rings. The van der Waals surface area contributed by atoms with Crippen LogP contribution in [0.5, 0.6) is 0 Å². The summed E-state index contributed by atoms with van der Waals surface area (Å²) in [4.78, 5) is 12.9. The molecule has 0 aliphatic heterocycles. The second-order valence-corrected chi connectivity index (χ2v) is 5.40. The zero-order valence-corrected chi connectivity index (χ0v) is 11.9. The number of hydrogen-bond acceptors (Lipinski definition) is 4. The lowest BCUT2D eigenvalue weighted by Gasteiger charge is -2.08. The van der Waals surface area contributed by atoms with Gasteiger partial charge >= 0.3 is 0 Å². The second kappa shape index (κ2) is 5.03. The van der Waals surface area contributed by atoms with E-state index >= 15 is 0 Å². The topological polar surface area (TPSA) is 41.6 Å². The summed E-state index contributed by atoms with van der Waals surface area (Å²) < 4.78 is 0.626. The van der Waals surface area contributed by atoms with Crippen molar-refractivity contribution in [2.75, 3.05) is 0 Å². The highest BCUT2D eigenvalue weighted by molar-refractivity contribution is 7.71. The summed E-state index contributed by atoms with van der Waals surface area (Å²) in [7, 11) is 0. The number of hydrogen-bond donors (Lipinski definition) is 1. The molecule has 2 heterocycles. The molecule has 0 bridgehead atoms. The molecule has 0 atom stereocenters. The Morgan fingerprint density at radius 1 is 1.21 bits per heavy atom. The van der Waals surface area contributed by atoms with Crippen LogP contribution in [0.4, 0.5) is 0 Å². The molecule has 3 rings (SSSR count). The van der Waals surface area contributed by atoms with Crippen molar-refractivity contribution in [3.63, 3.8) is 0 Å². The maximum absolute atomic E-state index is 5.36.